The average Bonchev–Trinajstić information content (AvgIpc) is 2.61. The SMILES string of the molecule is CCCOc1ccc(C=NNC(=O)c2ccccc2[N+](=O)[O-])cc1. The van der Waals surface area contributed by atoms with Crippen LogP contribution >= 0.6 is 0 Å². The standard InChI is InChI=1S/C17H17N3O4/c1-2-11-24-14-9-7-13(8-10-14)12-18-19-17(21)15-5-3-4-6-16(15)20(22)23/h3-10,12H,2,11H2,1H3,(H,19,21). The van der Waals surface area contributed by atoms with Crippen molar-refractivity contribution in [2.45, 2.75) is 13.3 Å². The molecule has 0 bridgehead atoms. The minimum atomic E-state index is -0.638. The van der Waals surface area contributed by atoms with Gasteiger partial charge >= 0.3 is 0 Å². The molecule has 7 nitrogen and oxygen atoms in total. The Bertz CT molecular complexity index is 742. The van der Waals surface area contributed by atoms with E-state index in [0.29, 0.717) is 6.61 Å². The molecule has 0 aromatic heterocycles. The average molecular weight is 327 g/mol. The third kappa shape index (κ3) is 4.64. The Balaban J connectivity index is 1.99. The van der Waals surface area contributed by atoms with Crippen LogP contribution in [0.25, 0.3) is 0 Å². The predicted octanol–water partition coefficient (Wildman–Crippen LogP) is 3.15. The number of ether oxygens (including phenoxy) is 1. The largest absolute Gasteiger partial charge is 0.494 e. The van der Waals surface area contributed by atoms with E-state index >= 15 is 0 Å². The molecule has 0 fully saturated rings. The highest BCUT2D eigenvalue weighted by Gasteiger charge is 2.18. The molecule has 0 atom stereocenters. The third-order valence-electron chi connectivity index (χ3n) is 3.08. The Morgan fingerprint density at radius 2 is 1.96 bits per heavy atom. The van der Waals surface area contributed by atoms with Gasteiger partial charge in [0.2, 0.25) is 0 Å². The molecule has 0 heterocycles. The van der Waals surface area contributed by atoms with Gasteiger partial charge in [-0.1, -0.05) is 19.1 Å². The highest BCUT2D eigenvalue weighted by atomic mass is 16.6. The number of nitro benzene ring substituents is 1. The maximum atomic E-state index is 12.0. The van der Waals surface area contributed by atoms with E-state index in [-0.39, 0.29) is 11.3 Å². The highest BCUT2D eigenvalue weighted by Crippen LogP contribution is 2.17. The molecule has 24 heavy (non-hydrogen) atoms. The molecular formula is C17H17N3O4. The van der Waals surface area contributed by atoms with Crippen LogP contribution in [-0.4, -0.2) is 23.7 Å². The quantitative estimate of drug-likeness (QED) is 0.480. The maximum absolute atomic E-state index is 12.0. The Morgan fingerprint density at radius 3 is 2.62 bits per heavy atom. The Labute approximate surface area is 139 Å². The molecule has 0 aliphatic heterocycles. The van der Waals surface area contributed by atoms with E-state index in [4.69, 9.17) is 4.74 Å². The van der Waals surface area contributed by atoms with Crippen molar-refractivity contribution < 1.29 is 14.5 Å². The summed E-state index contributed by atoms with van der Waals surface area (Å²) in [6.07, 6.45) is 2.39. The van der Waals surface area contributed by atoms with Gasteiger partial charge in [-0.3, -0.25) is 14.9 Å². The topological polar surface area (TPSA) is 93.8 Å². The minimum Gasteiger partial charge on any atom is -0.494 e. The first-order valence-electron chi connectivity index (χ1n) is 7.41. The first-order valence-corrected chi connectivity index (χ1v) is 7.41. The highest BCUT2D eigenvalue weighted by molar-refractivity contribution is 5.98. The van der Waals surface area contributed by atoms with Gasteiger partial charge in [0.05, 0.1) is 17.7 Å². The molecular weight excluding hydrogens is 310 g/mol. The third-order valence-corrected chi connectivity index (χ3v) is 3.08. The molecule has 0 spiro atoms. The van der Waals surface area contributed by atoms with Crippen molar-refractivity contribution in [3.05, 3.63) is 69.8 Å². The molecule has 1 amide bonds. The second-order valence-corrected chi connectivity index (χ2v) is 4.89. The number of carbonyl (C=O) groups excluding carboxylic acids is 1. The van der Waals surface area contributed by atoms with Gasteiger partial charge in [-0.25, -0.2) is 5.43 Å². The predicted molar refractivity (Wildman–Crippen MR) is 90.4 cm³/mol. The van der Waals surface area contributed by atoms with Gasteiger partial charge in [0.25, 0.3) is 11.6 Å². The van der Waals surface area contributed by atoms with Crippen molar-refractivity contribution in [2.24, 2.45) is 5.10 Å². The lowest BCUT2D eigenvalue weighted by molar-refractivity contribution is -0.385. The van der Waals surface area contributed by atoms with Crippen LogP contribution in [0.3, 0.4) is 0 Å². The van der Waals surface area contributed by atoms with Crippen molar-refractivity contribution in [2.75, 3.05) is 6.61 Å². The van der Waals surface area contributed by atoms with Crippen molar-refractivity contribution in [1.29, 1.82) is 0 Å². The van der Waals surface area contributed by atoms with E-state index in [0.717, 1.165) is 17.7 Å². The van der Waals surface area contributed by atoms with E-state index < -0.39 is 10.8 Å². The van der Waals surface area contributed by atoms with Crippen LogP contribution in [0, 0.1) is 10.1 Å². The lowest BCUT2D eigenvalue weighted by Gasteiger charge is -2.04. The van der Waals surface area contributed by atoms with Gasteiger partial charge in [-0.2, -0.15) is 5.10 Å². The fourth-order valence-electron chi connectivity index (χ4n) is 1.92. The van der Waals surface area contributed by atoms with Crippen LogP contribution in [0.2, 0.25) is 0 Å². The van der Waals surface area contributed by atoms with Gasteiger partial charge in [0.15, 0.2) is 0 Å². The minimum absolute atomic E-state index is 0.0389. The molecule has 124 valence electrons. The number of hydrogen-bond donors (Lipinski definition) is 1. The number of rotatable bonds is 7. The van der Waals surface area contributed by atoms with Crippen molar-refractivity contribution in [3.8, 4) is 5.75 Å². The molecule has 0 saturated heterocycles. The van der Waals surface area contributed by atoms with E-state index in [9.17, 15) is 14.9 Å². The summed E-state index contributed by atoms with van der Waals surface area (Å²) >= 11 is 0. The molecule has 7 heteroatoms. The number of carbonyl (C=O) groups is 1. The van der Waals surface area contributed by atoms with Gasteiger partial charge in [0, 0.05) is 6.07 Å². The van der Waals surface area contributed by atoms with Crippen molar-refractivity contribution in [3.63, 3.8) is 0 Å². The zero-order chi connectivity index (χ0) is 17.4. The van der Waals surface area contributed by atoms with Crippen LogP contribution in [0.5, 0.6) is 5.75 Å². The number of amides is 1. The number of hydrogen-bond acceptors (Lipinski definition) is 5. The fourth-order valence-corrected chi connectivity index (χ4v) is 1.92. The molecule has 0 aliphatic rings. The molecule has 2 aromatic carbocycles. The summed E-state index contributed by atoms with van der Waals surface area (Å²) in [6, 6.07) is 12.9. The molecule has 0 aliphatic carbocycles. The Hall–Kier alpha value is -3.22. The van der Waals surface area contributed by atoms with Crippen LogP contribution in [0.1, 0.15) is 29.3 Å². The first-order chi connectivity index (χ1) is 11.6. The van der Waals surface area contributed by atoms with Crippen molar-refractivity contribution >= 4 is 17.8 Å². The van der Waals surface area contributed by atoms with Crippen LogP contribution in [0.15, 0.2) is 53.6 Å². The maximum Gasteiger partial charge on any atom is 0.282 e. The van der Waals surface area contributed by atoms with E-state index in [1.807, 2.05) is 6.92 Å². The van der Waals surface area contributed by atoms with Crippen molar-refractivity contribution in [1.82, 2.24) is 5.43 Å². The Morgan fingerprint density at radius 1 is 1.25 bits per heavy atom. The molecule has 0 unspecified atom stereocenters. The first kappa shape index (κ1) is 17.1. The lowest BCUT2D eigenvalue weighted by atomic mass is 10.2. The lowest BCUT2D eigenvalue weighted by Crippen LogP contribution is -2.18. The Kier molecular flexibility index (Phi) is 6.01. The van der Waals surface area contributed by atoms with Gasteiger partial charge < -0.3 is 4.74 Å². The summed E-state index contributed by atoms with van der Waals surface area (Å²) in [4.78, 5) is 22.3. The molecule has 2 aromatic rings. The number of para-hydroxylation sites is 1. The summed E-state index contributed by atoms with van der Waals surface area (Å²) in [5, 5.41) is 14.7. The van der Waals surface area contributed by atoms with E-state index in [1.54, 1.807) is 30.3 Å². The summed E-state index contributed by atoms with van der Waals surface area (Å²) < 4.78 is 5.47. The monoisotopic (exact) mass is 327 g/mol. The molecule has 0 radical (unpaired) electrons. The summed E-state index contributed by atoms with van der Waals surface area (Å²) in [5.41, 5.74) is 2.75. The summed E-state index contributed by atoms with van der Waals surface area (Å²) in [7, 11) is 0. The van der Waals surface area contributed by atoms with E-state index in [2.05, 4.69) is 10.5 Å². The second-order valence-electron chi connectivity index (χ2n) is 4.89. The van der Waals surface area contributed by atoms with Crippen LogP contribution in [-0.2, 0) is 0 Å². The number of nitro groups is 1. The fraction of sp³-hybridized carbons (Fsp3) is 0.176. The van der Waals surface area contributed by atoms with Gasteiger partial charge in [-0.15, -0.1) is 0 Å². The normalized spacial score (nSPS) is 10.5. The molecule has 0 saturated carbocycles. The zero-order valence-corrected chi connectivity index (χ0v) is 13.1. The number of hydrazone groups is 1. The molecule has 2 rings (SSSR count). The van der Waals surface area contributed by atoms with Gasteiger partial charge in [0.1, 0.15) is 11.3 Å². The number of nitrogens with zero attached hydrogens (tertiary/aromatic N) is 2. The number of nitrogens with one attached hydrogen (secondary N) is 1. The second kappa shape index (κ2) is 8.42. The molecule has 1 N–H and O–H groups in total. The van der Waals surface area contributed by atoms with Crippen LogP contribution in [0.4, 0.5) is 5.69 Å². The number of benzene rings is 2. The zero-order valence-electron chi connectivity index (χ0n) is 13.1. The summed E-state index contributed by atoms with van der Waals surface area (Å²) in [6.45, 7) is 2.68. The van der Waals surface area contributed by atoms with E-state index in [1.165, 1.54) is 24.4 Å². The van der Waals surface area contributed by atoms with Gasteiger partial charge in [-0.05, 0) is 42.3 Å². The van der Waals surface area contributed by atoms with Crippen LogP contribution < -0.4 is 10.2 Å². The smallest absolute Gasteiger partial charge is 0.282 e. The summed E-state index contributed by atoms with van der Waals surface area (Å²) in [5.74, 6) is 0.124.